The van der Waals surface area contributed by atoms with Crippen molar-refractivity contribution in [3.8, 4) is 5.75 Å². The van der Waals surface area contributed by atoms with Gasteiger partial charge in [-0.15, -0.1) is 0 Å². The van der Waals surface area contributed by atoms with Crippen molar-refractivity contribution in [2.24, 2.45) is 0 Å². The molecule has 0 atom stereocenters. The monoisotopic (exact) mass is 376 g/mol. The van der Waals surface area contributed by atoms with Crippen LogP contribution in [-0.4, -0.2) is 25.7 Å². The molecule has 23 heavy (non-hydrogen) atoms. The highest BCUT2D eigenvalue weighted by Gasteiger charge is 2.01. The van der Waals surface area contributed by atoms with E-state index < -0.39 is 0 Å². The zero-order valence-electron chi connectivity index (χ0n) is 12.9. The fraction of sp³-hybridized carbons (Fsp3) is 0.278. The molecule has 122 valence electrons. The molecule has 0 radical (unpaired) electrons. The van der Waals surface area contributed by atoms with Gasteiger partial charge in [0, 0.05) is 17.6 Å². The minimum absolute atomic E-state index is 0.142. The molecule has 0 spiro atoms. The average molecular weight is 377 g/mol. The van der Waals surface area contributed by atoms with Gasteiger partial charge in [-0.05, 0) is 36.6 Å². The summed E-state index contributed by atoms with van der Waals surface area (Å²) in [6.45, 7) is 1.78. The van der Waals surface area contributed by atoms with Crippen LogP contribution in [0.2, 0.25) is 0 Å². The molecule has 0 unspecified atom stereocenters. The van der Waals surface area contributed by atoms with E-state index in [1.807, 2.05) is 54.6 Å². The van der Waals surface area contributed by atoms with Crippen molar-refractivity contribution < 1.29 is 9.53 Å². The Morgan fingerprint density at radius 1 is 0.957 bits per heavy atom. The van der Waals surface area contributed by atoms with Crippen LogP contribution in [0.1, 0.15) is 12.0 Å². The van der Waals surface area contributed by atoms with E-state index in [0.29, 0.717) is 19.7 Å². The Balaban J connectivity index is 1.53. The quantitative estimate of drug-likeness (QED) is 0.689. The summed E-state index contributed by atoms with van der Waals surface area (Å²) in [6.07, 6.45) is 1.57. The predicted molar refractivity (Wildman–Crippen MR) is 95.8 cm³/mol. The molecule has 0 heterocycles. The molecular formula is C18H21BrN2O2. The third-order valence-corrected chi connectivity index (χ3v) is 4.03. The summed E-state index contributed by atoms with van der Waals surface area (Å²) in [6, 6.07) is 17.5. The van der Waals surface area contributed by atoms with Crippen molar-refractivity contribution in [1.29, 1.82) is 0 Å². The molecular weight excluding hydrogens is 356 g/mol. The number of rotatable bonds is 8. The van der Waals surface area contributed by atoms with Crippen LogP contribution in [0.3, 0.4) is 0 Å². The maximum atomic E-state index is 11.7. The van der Waals surface area contributed by atoms with E-state index in [4.69, 9.17) is 4.74 Å². The number of nitrogens with one attached hydrogen (secondary N) is 2. The zero-order valence-corrected chi connectivity index (χ0v) is 14.5. The first kappa shape index (κ1) is 17.3. The number of benzene rings is 2. The van der Waals surface area contributed by atoms with Gasteiger partial charge >= 0.3 is 6.03 Å². The highest BCUT2D eigenvalue weighted by molar-refractivity contribution is 9.10. The number of carbonyl (C=O) groups is 1. The van der Waals surface area contributed by atoms with Gasteiger partial charge in [0.05, 0.1) is 6.61 Å². The average Bonchev–Trinajstić information content (AvgIpc) is 2.57. The van der Waals surface area contributed by atoms with E-state index in [2.05, 4.69) is 26.6 Å². The summed E-state index contributed by atoms with van der Waals surface area (Å²) in [7, 11) is 0. The van der Waals surface area contributed by atoms with E-state index in [1.54, 1.807) is 0 Å². The molecule has 0 aromatic heterocycles. The third kappa shape index (κ3) is 6.74. The first-order valence-corrected chi connectivity index (χ1v) is 8.48. The largest absolute Gasteiger partial charge is 0.494 e. The predicted octanol–water partition coefficient (Wildman–Crippen LogP) is 3.76. The second kappa shape index (κ2) is 9.90. The van der Waals surface area contributed by atoms with Gasteiger partial charge in [-0.25, -0.2) is 4.79 Å². The van der Waals surface area contributed by atoms with Crippen molar-refractivity contribution >= 4 is 22.0 Å². The van der Waals surface area contributed by atoms with E-state index in [-0.39, 0.29) is 6.03 Å². The summed E-state index contributed by atoms with van der Waals surface area (Å²) in [5.41, 5.74) is 1.18. The van der Waals surface area contributed by atoms with E-state index in [0.717, 1.165) is 23.1 Å². The second-order valence-electron chi connectivity index (χ2n) is 5.04. The third-order valence-electron chi connectivity index (χ3n) is 3.26. The lowest BCUT2D eigenvalue weighted by atomic mass is 10.1. The van der Waals surface area contributed by atoms with Crippen LogP contribution in [0.25, 0.3) is 0 Å². The normalized spacial score (nSPS) is 10.1. The van der Waals surface area contributed by atoms with Gasteiger partial charge in [0.15, 0.2) is 0 Å². The first-order chi connectivity index (χ1) is 11.3. The van der Waals surface area contributed by atoms with Crippen molar-refractivity contribution in [1.82, 2.24) is 10.6 Å². The number of hydrogen-bond acceptors (Lipinski definition) is 2. The van der Waals surface area contributed by atoms with Gasteiger partial charge in [-0.2, -0.15) is 0 Å². The fourth-order valence-electron chi connectivity index (χ4n) is 2.06. The minimum Gasteiger partial charge on any atom is -0.494 e. The molecule has 0 aliphatic rings. The van der Waals surface area contributed by atoms with Gasteiger partial charge in [-0.3, -0.25) is 0 Å². The molecule has 0 bridgehead atoms. The van der Waals surface area contributed by atoms with Crippen LogP contribution in [0.4, 0.5) is 4.79 Å². The summed E-state index contributed by atoms with van der Waals surface area (Å²) < 4.78 is 6.63. The zero-order chi connectivity index (χ0) is 16.3. The van der Waals surface area contributed by atoms with Crippen molar-refractivity contribution in [3.63, 3.8) is 0 Å². The number of para-hydroxylation sites is 1. The number of urea groups is 1. The Morgan fingerprint density at radius 2 is 1.65 bits per heavy atom. The Kier molecular flexibility index (Phi) is 7.46. The number of halogens is 1. The Hall–Kier alpha value is -2.01. The van der Waals surface area contributed by atoms with E-state index >= 15 is 0 Å². The highest BCUT2D eigenvalue weighted by atomic mass is 79.9. The maximum Gasteiger partial charge on any atom is 0.314 e. The summed E-state index contributed by atoms with van der Waals surface area (Å²) >= 11 is 3.50. The second-order valence-corrected chi connectivity index (χ2v) is 5.89. The lowest BCUT2D eigenvalue weighted by Gasteiger charge is -2.09. The molecule has 2 rings (SSSR count). The smallest absolute Gasteiger partial charge is 0.314 e. The van der Waals surface area contributed by atoms with Gasteiger partial charge < -0.3 is 15.4 Å². The fourth-order valence-corrected chi connectivity index (χ4v) is 2.54. The summed E-state index contributed by atoms with van der Waals surface area (Å²) in [4.78, 5) is 11.7. The van der Waals surface area contributed by atoms with Gasteiger partial charge in [0.2, 0.25) is 0 Å². The lowest BCUT2D eigenvalue weighted by Crippen LogP contribution is -2.37. The van der Waals surface area contributed by atoms with Gasteiger partial charge in [-0.1, -0.05) is 52.3 Å². The summed E-state index contributed by atoms with van der Waals surface area (Å²) in [5.74, 6) is 0.852. The molecule has 2 amide bonds. The van der Waals surface area contributed by atoms with Crippen molar-refractivity contribution in [2.45, 2.75) is 12.8 Å². The molecule has 5 heteroatoms. The Labute approximate surface area is 145 Å². The van der Waals surface area contributed by atoms with E-state index in [1.165, 1.54) is 5.56 Å². The van der Waals surface area contributed by atoms with Crippen LogP contribution < -0.4 is 15.4 Å². The van der Waals surface area contributed by atoms with Crippen LogP contribution in [-0.2, 0) is 6.42 Å². The molecule has 0 saturated carbocycles. The Morgan fingerprint density at radius 3 is 2.43 bits per heavy atom. The van der Waals surface area contributed by atoms with Crippen LogP contribution in [0.5, 0.6) is 5.75 Å². The molecule has 2 aromatic rings. The van der Waals surface area contributed by atoms with Gasteiger partial charge in [0.25, 0.3) is 0 Å². The highest BCUT2D eigenvalue weighted by Crippen LogP contribution is 2.15. The van der Waals surface area contributed by atoms with Crippen LogP contribution >= 0.6 is 15.9 Å². The van der Waals surface area contributed by atoms with Gasteiger partial charge in [0.1, 0.15) is 5.75 Å². The maximum absolute atomic E-state index is 11.7. The molecule has 0 aliphatic heterocycles. The minimum atomic E-state index is -0.142. The number of amides is 2. The topological polar surface area (TPSA) is 50.4 Å². The molecule has 4 nitrogen and oxygen atoms in total. The molecule has 0 saturated heterocycles. The SMILES string of the molecule is O=C(NCCCOc1ccccc1)NCCc1ccccc1Br. The number of ether oxygens (including phenoxy) is 1. The van der Waals surface area contributed by atoms with Crippen LogP contribution in [0.15, 0.2) is 59.1 Å². The van der Waals surface area contributed by atoms with Crippen LogP contribution in [0, 0.1) is 0 Å². The first-order valence-electron chi connectivity index (χ1n) is 7.68. The molecule has 0 aliphatic carbocycles. The van der Waals surface area contributed by atoms with Crippen molar-refractivity contribution in [2.75, 3.05) is 19.7 Å². The number of carbonyl (C=O) groups excluding carboxylic acids is 1. The molecule has 2 N–H and O–H groups in total. The van der Waals surface area contributed by atoms with E-state index in [9.17, 15) is 4.79 Å². The van der Waals surface area contributed by atoms with Crippen molar-refractivity contribution in [3.05, 3.63) is 64.6 Å². The molecule has 0 fully saturated rings. The summed E-state index contributed by atoms with van der Waals surface area (Å²) in [5, 5.41) is 5.68. The number of hydrogen-bond donors (Lipinski definition) is 2. The standard InChI is InChI=1S/C18H21BrN2O2/c19-17-10-5-4-7-15(17)11-13-21-18(22)20-12-6-14-23-16-8-2-1-3-9-16/h1-5,7-10H,6,11-14H2,(H2,20,21,22). The lowest BCUT2D eigenvalue weighted by molar-refractivity contribution is 0.239. The Bertz CT molecular complexity index is 605. The molecule has 2 aromatic carbocycles.